The van der Waals surface area contributed by atoms with E-state index in [1.807, 2.05) is 0 Å². The quantitative estimate of drug-likeness (QED) is 0.292. The first-order valence-electron chi connectivity index (χ1n) is 10.6. The molecule has 3 aromatic rings. The Hall–Kier alpha value is -4.45. The van der Waals surface area contributed by atoms with Crippen molar-refractivity contribution in [2.45, 2.75) is 0 Å². The predicted octanol–water partition coefficient (Wildman–Crippen LogP) is 2.35. The molecule has 0 bridgehead atoms. The summed E-state index contributed by atoms with van der Waals surface area (Å²) in [6.07, 6.45) is 1.43. The number of ether oxygens (including phenoxy) is 3. The molecule has 2 heterocycles. The van der Waals surface area contributed by atoms with Gasteiger partial charge >= 0.3 is 5.91 Å². The Bertz CT molecular complexity index is 1260. The molecule has 35 heavy (non-hydrogen) atoms. The summed E-state index contributed by atoms with van der Waals surface area (Å²) in [5.74, 6) is -0.142. The van der Waals surface area contributed by atoms with Gasteiger partial charge in [-0.1, -0.05) is 0 Å². The number of rotatable bonds is 8. The lowest BCUT2D eigenvalue weighted by atomic mass is 10.2. The van der Waals surface area contributed by atoms with Crippen LogP contribution in [0.5, 0.6) is 11.5 Å². The van der Waals surface area contributed by atoms with E-state index < -0.39 is 10.8 Å². The zero-order valence-corrected chi connectivity index (χ0v) is 18.8. The molecule has 0 atom stereocenters. The number of amides is 2. The molecule has 2 amide bonds. The molecule has 0 radical (unpaired) electrons. The van der Waals surface area contributed by atoms with Gasteiger partial charge in [0, 0.05) is 24.5 Å². The van der Waals surface area contributed by atoms with Crippen molar-refractivity contribution in [1.29, 1.82) is 0 Å². The molecule has 1 aliphatic heterocycles. The molecule has 0 saturated carbocycles. The minimum absolute atomic E-state index is 0.0606. The Kier molecular flexibility index (Phi) is 7.21. The molecule has 1 saturated heterocycles. The Labute approximate surface area is 199 Å². The summed E-state index contributed by atoms with van der Waals surface area (Å²) in [6, 6.07) is 10.7. The van der Waals surface area contributed by atoms with Gasteiger partial charge in [0.2, 0.25) is 0 Å². The number of carbonyl (C=O) groups is 2. The van der Waals surface area contributed by atoms with Gasteiger partial charge < -0.3 is 23.5 Å². The molecule has 4 rings (SSSR count). The highest BCUT2D eigenvalue weighted by atomic mass is 16.6. The molecule has 1 fully saturated rings. The van der Waals surface area contributed by atoms with Crippen LogP contribution in [0.25, 0.3) is 11.0 Å². The Morgan fingerprint density at radius 3 is 2.63 bits per heavy atom. The number of furan rings is 1. The number of hydrogen-bond acceptors (Lipinski definition) is 9. The molecule has 12 nitrogen and oxygen atoms in total. The number of nitro groups is 1. The van der Waals surface area contributed by atoms with Crippen LogP contribution in [-0.2, 0) is 9.53 Å². The minimum Gasteiger partial charge on any atom is -0.493 e. The van der Waals surface area contributed by atoms with Crippen LogP contribution in [0.1, 0.15) is 16.1 Å². The smallest absolute Gasteiger partial charge is 0.307 e. The lowest BCUT2D eigenvalue weighted by molar-refractivity contribution is -0.384. The van der Waals surface area contributed by atoms with E-state index in [4.69, 9.17) is 18.6 Å². The van der Waals surface area contributed by atoms with Crippen LogP contribution in [0, 0.1) is 10.1 Å². The molecule has 1 N–H and O–H groups in total. The number of benzene rings is 2. The van der Waals surface area contributed by atoms with Crippen molar-refractivity contribution < 1.29 is 33.1 Å². The van der Waals surface area contributed by atoms with Crippen LogP contribution < -0.4 is 14.9 Å². The molecule has 0 aliphatic carbocycles. The summed E-state index contributed by atoms with van der Waals surface area (Å²) < 4.78 is 21.4. The molecular formula is C23H22N4O8. The van der Waals surface area contributed by atoms with Crippen molar-refractivity contribution >= 4 is 34.7 Å². The second-order valence-corrected chi connectivity index (χ2v) is 7.48. The number of nitrogens with one attached hydrogen (secondary N) is 1. The number of morpholine rings is 1. The molecule has 182 valence electrons. The van der Waals surface area contributed by atoms with Crippen molar-refractivity contribution in [1.82, 2.24) is 10.3 Å². The van der Waals surface area contributed by atoms with E-state index >= 15 is 0 Å². The van der Waals surface area contributed by atoms with Crippen molar-refractivity contribution in [2.24, 2.45) is 5.10 Å². The van der Waals surface area contributed by atoms with E-state index in [2.05, 4.69) is 10.5 Å². The average Bonchev–Trinajstić information content (AvgIpc) is 3.32. The van der Waals surface area contributed by atoms with Gasteiger partial charge in [-0.2, -0.15) is 5.10 Å². The van der Waals surface area contributed by atoms with Crippen LogP contribution in [0.3, 0.4) is 0 Å². The Balaban J connectivity index is 1.33. The molecule has 1 aliphatic rings. The number of non-ortho nitro benzene ring substituents is 1. The average molecular weight is 482 g/mol. The van der Waals surface area contributed by atoms with Gasteiger partial charge in [-0.25, -0.2) is 5.43 Å². The van der Waals surface area contributed by atoms with Crippen molar-refractivity contribution in [3.63, 3.8) is 0 Å². The molecule has 0 spiro atoms. The fourth-order valence-electron chi connectivity index (χ4n) is 3.39. The maximum atomic E-state index is 12.4. The number of carbonyl (C=O) groups excluding carboxylic acids is 2. The zero-order valence-electron chi connectivity index (χ0n) is 18.8. The van der Waals surface area contributed by atoms with E-state index in [9.17, 15) is 19.7 Å². The van der Waals surface area contributed by atoms with E-state index in [0.717, 1.165) is 0 Å². The van der Waals surface area contributed by atoms with Crippen molar-refractivity contribution in [2.75, 3.05) is 40.0 Å². The first kappa shape index (κ1) is 23.7. The lowest BCUT2D eigenvalue weighted by Crippen LogP contribution is -2.42. The lowest BCUT2D eigenvalue weighted by Gasteiger charge is -2.26. The topological polar surface area (TPSA) is 146 Å². The summed E-state index contributed by atoms with van der Waals surface area (Å²) in [6.45, 7) is 2.12. The monoisotopic (exact) mass is 482 g/mol. The highest BCUT2D eigenvalue weighted by Gasteiger charge is 2.19. The van der Waals surface area contributed by atoms with Gasteiger partial charge in [-0.15, -0.1) is 0 Å². The van der Waals surface area contributed by atoms with Gasteiger partial charge in [0.1, 0.15) is 5.75 Å². The Morgan fingerprint density at radius 1 is 1.20 bits per heavy atom. The van der Waals surface area contributed by atoms with E-state index in [1.165, 1.54) is 31.5 Å². The third-order valence-corrected chi connectivity index (χ3v) is 5.21. The van der Waals surface area contributed by atoms with Gasteiger partial charge in [-0.05, 0) is 35.9 Å². The van der Waals surface area contributed by atoms with Gasteiger partial charge in [-0.3, -0.25) is 19.7 Å². The number of hydrazone groups is 1. The summed E-state index contributed by atoms with van der Waals surface area (Å²) in [7, 11) is 1.35. The van der Waals surface area contributed by atoms with Crippen LogP contribution in [0.15, 0.2) is 52.0 Å². The summed E-state index contributed by atoms with van der Waals surface area (Å²) in [4.78, 5) is 36.8. The molecular weight excluding hydrogens is 460 g/mol. The van der Waals surface area contributed by atoms with E-state index in [1.54, 1.807) is 29.2 Å². The third kappa shape index (κ3) is 5.73. The van der Waals surface area contributed by atoms with E-state index in [0.29, 0.717) is 43.0 Å². The first-order chi connectivity index (χ1) is 16.9. The predicted molar refractivity (Wildman–Crippen MR) is 124 cm³/mol. The van der Waals surface area contributed by atoms with Crippen LogP contribution in [0.2, 0.25) is 0 Å². The fourth-order valence-corrected chi connectivity index (χ4v) is 3.39. The SMILES string of the molecule is COc1cc([N+](=O)[O-])cc2cc(C(=O)N/N=C\c3ccc(OCC(=O)N4CCOCC4)cc3)oc12. The molecule has 12 heteroatoms. The third-order valence-electron chi connectivity index (χ3n) is 5.21. The second kappa shape index (κ2) is 10.7. The zero-order chi connectivity index (χ0) is 24.8. The van der Waals surface area contributed by atoms with Crippen LogP contribution >= 0.6 is 0 Å². The molecule has 0 unspecified atom stereocenters. The van der Waals surface area contributed by atoms with Crippen molar-refractivity contribution in [3.8, 4) is 11.5 Å². The molecule has 1 aromatic heterocycles. The number of nitrogens with zero attached hydrogens (tertiary/aromatic N) is 3. The highest BCUT2D eigenvalue weighted by Crippen LogP contribution is 2.33. The molecule has 2 aromatic carbocycles. The minimum atomic E-state index is -0.635. The van der Waals surface area contributed by atoms with Gasteiger partial charge in [0.05, 0.1) is 37.5 Å². The largest absolute Gasteiger partial charge is 0.493 e. The normalized spacial score (nSPS) is 13.7. The Morgan fingerprint density at radius 2 is 1.94 bits per heavy atom. The van der Waals surface area contributed by atoms with Gasteiger partial charge in [0.15, 0.2) is 23.7 Å². The van der Waals surface area contributed by atoms with Crippen LogP contribution in [-0.4, -0.2) is 67.9 Å². The standard InChI is InChI=1S/C23H22N4O8/c1-32-19-12-17(27(30)31)10-16-11-20(35-22(16)19)23(29)25-24-13-15-2-4-18(5-3-15)34-14-21(28)26-6-8-33-9-7-26/h2-5,10-13H,6-9,14H2,1H3,(H,25,29)/b24-13-. The number of methoxy groups -OCH3 is 1. The maximum Gasteiger partial charge on any atom is 0.307 e. The summed E-state index contributed by atoms with van der Waals surface area (Å²) >= 11 is 0. The fraction of sp³-hybridized carbons (Fsp3) is 0.261. The van der Waals surface area contributed by atoms with Gasteiger partial charge in [0.25, 0.3) is 11.6 Å². The second-order valence-electron chi connectivity index (χ2n) is 7.48. The van der Waals surface area contributed by atoms with Crippen LogP contribution in [0.4, 0.5) is 5.69 Å². The first-order valence-corrected chi connectivity index (χ1v) is 10.6. The number of hydrogen-bond donors (Lipinski definition) is 1. The van der Waals surface area contributed by atoms with E-state index in [-0.39, 0.29) is 35.3 Å². The highest BCUT2D eigenvalue weighted by molar-refractivity contribution is 5.98. The number of nitro benzene ring substituents is 1. The summed E-state index contributed by atoms with van der Waals surface area (Å²) in [5.41, 5.74) is 3.06. The summed E-state index contributed by atoms with van der Waals surface area (Å²) in [5, 5.41) is 15.3. The van der Waals surface area contributed by atoms with Crippen molar-refractivity contribution in [3.05, 3.63) is 63.9 Å². The number of fused-ring (bicyclic) bond motifs is 1. The maximum absolute atomic E-state index is 12.4.